The number of hydrogen-bond acceptors (Lipinski definition) is 4. The Balaban J connectivity index is 1.72. The van der Waals surface area contributed by atoms with Crippen molar-refractivity contribution in [1.82, 2.24) is 14.9 Å². The van der Waals surface area contributed by atoms with Crippen LogP contribution in [0.5, 0.6) is 0 Å². The summed E-state index contributed by atoms with van der Waals surface area (Å²) in [6.07, 6.45) is 3.33. The third-order valence-corrected chi connectivity index (χ3v) is 5.67. The number of nitrogens with one attached hydrogen (secondary N) is 1. The van der Waals surface area contributed by atoms with Gasteiger partial charge in [0.2, 0.25) is 5.91 Å². The minimum Gasteiger partial charge on any atom is -0.477 e. The first-order valence-electron chi connectivity index (χ1n) is 9.02. The molecule has 3 aromatic rings. The molecule has 7 heteroatoms. The quantitative estimate of drug-likeness (QED) is 0.598. The van der Waals surface area contributed by atoms with Gasteiger partial charge >= 0.3 is 5.97 Å². The predicted molar refractivity (Wildman–Crippen MR) is 107 cm³/mol. The van der Waals surface area contributed by atoms with Gasteiger partial charge in [-0.15, -0.1) is 0 Å². The first-order chi connectivity index (χ1) is 13.6. The highest BCUT2D eigenvalue weighted by molar-refractivity contribution is 8.00. The van der Waals surface area contributed by atoms with E-state index in [1.807, 2.05) is 60.7 Å². The number of hydrogen-bond donors (Lipinski definition) is 2. The highest BCUT2D eigenvalue weighted by Gasteiger charge is 2.31. The SMILES string of the molecule is O=C(O)c1cnc(S[C@@H](C(=O)NC2CC2)c2ccccc2)n1-c1ccccc1. The van der Waals surface area contributed by atoms with Crippen LogP contribution in [0, 0.1) is 0 Å². The van der Waals surface area contributed by atoms with Crippen LogP contribution in [-0.4, -0.2) is 32.6 Å². The van der Waals surface area contributed by atoms with Crippen LogP contribution in [0.4, 0.5) is 0 Å². The van der Waals surface area contributed by atoms with Gasteiger partial charge in [-0.3, -0.25) is 9.36 Å². The van der Waals surface area contributed by atoms with Gasteiger partial charge in [0.05, 0.1) is 6.20 Å². The van der Waals surface area contributed by atoms with E-state index in [0.717, 1.165) is 18.4 Å². The highest BCUT2D eigenvalue weighted by Crippen LogP contribution is 2.37. The first-order valence-corrected chi connectivity index (χ1v) is 9.90. The van der Waals surface area contributed by atoms with Crippen LogP contribution in [0.1, 0.15) is 34.1 Å². The number of rotatable bonds is 7. The van der Waals surface area contributed by atoms with Gasteiger partial charge in [-0.2, -0.15) is 0 Å². The molecule has 1 atom stereocenters. The zero-order valence-electron chi connectivity index (χ0n) is 15.0. The number of imidazole rings is 1. The third-order valence-electron chi connectivity index (χ3n) is 4.45. The van der Waals surface area contributed by atoms with Gasteiger partial charge in [-0.25, -0.2) is 9.78 Å². The Morgan fingerprint density at radius 1 is 1.07 bits per heavy atom. The Kier molecular flexibility index (Phi) is 5.16. The number of benzene rings is 2. The molecule has 28 heavy (non-hydrogen) atoms. The normalized spacial score (nSPS) is 14.4. The predicted octanol–water partition coefficient (Wildman–Crippen LogP) is 3.68. The minimum atomic E-state index is -1.07. The van der Waals surface area contributed by atoms with Crippen LogP contribution >= 0.6 is 11.8 Å². The number of carbonyl (C=O) groups is 2. The number of amides is 1. The van der Waals surface area contributed by atoms with Crippen LogP contribution < -0.4 is 5.32 Å². The molecular weight excluding hydrogens is 374 g/mol. The third kappa shape index (κ3) is 3.94. The molecule has 1 amide bonds. The fraction of sp³-hybridized carbons (Fsp3) is 0.190. The molecule has 0 saturated heterocycles. The second-order valence-corrected chi connectivity index (χ2v) is 7.67. The lowest BCUT2D eigenvalue weighted by Crippen LogP contribution is -2.30. The highest BCUT2D eigenvalue weighted by atomic mass is 32.2. The van der Waals surface area contributed by atoms with Crippen molar-refractivity contribution in [1.29, 1.82) is 0 Å². The maximum Gasteiger partial charge on any atom is 0.354 e. The summed E-state index contributed by atoms with van der Waals surface area (Å²) in [5.74, 6) is -1.15. The van der Waals surface area contributed by atoms with Gasteiger partial charge < -0.3 is 10.4 Å². The van der Waals surface area contributed by atoms with E-state index in [-0.39, 0.29) is 17.6 Å². The molecule has 0 spiro atoms. The molecule has 0 bridgehead atoms. The molecule has 2 aromatic carbocycles. The zero-order valence-corrected chi connectivity index (χ0v) is 15.8. The van der Waals surface area contributed by atoms with Crippen molar-refractivity contribution in [3.8, 4) is 5.69 Å². The molecule has 1 heterocycles. The fourth-order valence-electron chi connectivity index (χ4n) is 2.91. The van der Waals surface area contributed by atoms with E-state index < -0.39 is 11.2 Å². The zero-order chi connectivity index (χ0) is 19.5. The van der Waals surface area contributed by atoms with E-state index in [1.54, 1.807) is 4.57 Å². The number of carboxylic acid groups (broad SMARTS) is 1. The van der Waals surface area contributed by atoms with Gasteiger partial charge in [-0.1, -0.05) is 60.3 Å². The summed E-state index contributed by atoms with van der Waals surface area (Å²) >= 11 is 1.26. The van der Waals surface area contributed by atoms with Crippen molar-refractivity contribution in [2.45, 2.75) is 29.3 Å². The number of carboxylic acids is 1. The minimum absolute atomic E-state index is 0.0584. The van der Waals surface area contributed by atoms with E-state index in [9.17, 15) is 14.7 Å². The van der Waals surface area contributed by atoms with Crippen LogP contribution in [0.3, 0.4) is 0 Å². The van der Waals surface area contributed by atoms with Gasteiger partial charge in [-0.05, 0) is 30.5 Å². The number of para-hydroxylation sites is 1. The lowest BCUT2D eigenvalue weighted by Gasteiger charge is -2.18. The second-order valence-electron chi connectivity index (χ2n) is 6.59. The summed E-state index contributed by atoms with van der Waals surface area (Å²) in [4.78, 5) is 28.9. The van der Waals surface area contributed by atoms with E-state index in [4.69, 9.17) is 0 Å². The van der Waals surface area contributed by atoms with Crippen molar-refractivity contribution in [2.75, 3.05) is 0 Å². The summed E-state index contributed by atoms with van der Waals surface area (Å²) in [6, 6.07) is 18.9. The molecule has 1 aliphatic rings. The Hall–Kier alpha value is -3.06. The number of thioether (sulfide) groups is 1. The molecule has 1 fully saturated rings. The molecule has 1 aliphatic carbocycles. The molecular formula is C21H19N3O3S. The Morgan fingerprint density at radius 3 is 2.32 bits per heavy atom. The lowest BCUT2D eigenvalue weighted by atomic mass is 10.1. The van der Waals surface area contributed by atoms with Crippen LogP contribution in [-0.2, 0) is 4.79 Å². The molecule has 0 unspecified atom stereocenters. The van der Waals surface area contributed by atoms with Gasteiger partial charge in [0.25, 0.3) is 0 Å². The van der Waals surface area contributed by atoms with E-state index >= 15 is 0 Å². The average Bonchev–Trinajstić information content (AvgIpc) is 3.42. The van der Waals surface area contributed by atoms with Crippen LogP contribution in [0.25, 0.3) is 5.69 Å². The number of carbonyl (C=O) groups excluding carboxylic acids is 1. The van der Waals surface area contributed by atoms with Gasteiger partial charge in [0.1, 0.15) is 5.25 Å². The molecule has 1 saturated carbocycles. The Bertz CT molecular complexity index is 985. The number of aromatic carboxylic acids is 1. The maximum absolute atomic E-state index is 12.9. The second kappa shape index (κ2) is 7.90. The molecule has 142 valence electrons. The molecule has 2 N–H and O–H groups in total. The summed E-state index contributed by atoms with van der Waals surface area (Å²) in [6.45, 7) is 0. The smallest absolute Gasteiger partial charge is 0.354 e. The number of nitrogens with zero attached hydrogens (tertiary/aromatic N) is 2. The van der Waals surface area contributed by atoms with Crippen molar-refractivity contribution < 1.29 is 14.7 Å². The van der Waals surface area contributed by atoms with Crippen molar-refractivity contribution in [3.63, 3.8) is 0 Å². The largest absolute Gasteiger partial charge is 0.477 e. The fourth-order valence-corrected chi connectivity index (χ4v) is 4.01. The summed E-state index contributed by atoms with van der Waals surface area (Å²) in [7, 11) is 0. The first kappa shape index (κ1) is 18.3. The number of aromatic nitrogens is 2. The molecule has 0 radical (unpaired) electrons. The van der Waals surface area contributed by atoms with Crippen LogP contribution in [0.2, 0.25) is 0 Å². The van der Waals surface area contributed by atoms with Gasteiger partial charge in [0.15, 0.2) is 10.9 Å². The van der Waals surface area contributed by atoms with Crippen molar-refractivity contribution in [3.05, 3.63) is 78.1 Å². The van der Waals surface area contributed by atoms with Crippen LogP contribution in [0.15, 0.2) is 72.0 Å². The summed E-state index contributed by atoms with van der Waals surface area (Å²) in [5, 5.41) is 12.6. The average molecular weight is 393 g/mol. The molecule has 6 nitrogen and oxygen atoms in total. The maximum atomic E-state index is 12.9. The summed E-state index contributed by atoms with van der Waals surface area (Å²) in [5.41, 5.74) is 1.60. The topological polar surface area (TPSA) is 84.2 Å². The molecule has 4 rings (SSSR count). The molecule has 1 aromatic heterocycles. The monoisotopic (exact) mass is 393 g/mol. The lowest BCUT2D eigenvalue weighted by molar-refractivity contribution is -0.120. The Morgan fingerprint density at radius 2 is 1.71 bits per heavy atom. The van der Waals surface area contributed by atoms with E-state index in [0.29, 0.717) is 10.8 Å². The van der Waals surface area contributed by atoms with Gasteiger partial charge in [0, 0.05) is 11.7 Å². The van der Waals surface area contributed by atoms with E-state index in [2.05, 4.69) is 10.3 Å². The standard InChI is InChI=1S/C21H19N3O3S/c25-19(23-15-11-12-15)18(14-7-3-1-4-8-14)28-21-22-13-17(20(26)27)24(21)16-9-5-2-6-10-16/h1-10,13,15,18H,11-12H2,(H,23,25)(H,26,27)/t18-/m1/s1. The van der Waals surface area contributed by atoms with Crippen molar-refractivity contribution >= 4 is 23.6 Å². The van der Waals surface area contributed by atoms with E-state index in [1.165, 1.54) is 18.0 Å². The van der Waals surface area contributed by atoms with Crippen molar-refractivity contribution in [2.24, 2.45) is 0 Å². The summed E-state index contributed by atoms with van der Waals surface area (Å²) < 4.78 is 1.58. The Labute approximate surface area is 166 Å². The molecule has 0 aliphatic heterocycles.